The lowest BCUT2D eigenvalue weighted by Gasteiger charge is -2.08. The maximum Gasteiger partial charge on any atom is 0.187 e. The van der Waals surface area contributed by atoms with E-state index in [1.807, 2.05) is 31.2 Å². The maximum atomic E-state index is 12.4. The molecular weight excluding hydrogens is 306 g/mol. The third-order valence-corrected chi connectivity index (χ3v) is 6.78. The van der Waals surface area contributed by atoms with Crippen LogP contribution in [0.5, 0.6) is 0 Å². The lowest BCUT2D eigenvalue weighted by atomic mass is 10.1. The monoisotopic (exact) mass is 323 g/mol. The minimum Gasteiger partial charge on any atom is -0.382 e. The summed E-state index contributed by atoms with van der Waals surface area (Å²) in [5.41, 5.74) is 8.04. The van der Waals surface area contributed by atoms with Crippen molar-refractivity contribution in [2.24, 2.45) is 0 Å². The molecule has 0 saturated heterocycles. The minimum absolute atomic E-state index is 0.110. The number of rotatable bonds is 5. The standard InChI is InChI=1S/C14H17N3O2S2/c1-9-2-4-10(5-3-9)8-16-14-12(13(15)17-20-14)21(18,19)11-6-7-11/h2-5,11,16H,6-8H2,1H3,(H2,15,17). The fourth-order valence-corrected chi connectivity index (χ4v) is 5.00. The Bertz CT molecular complexity index is 747. The average molecular weight is 323 g/mol. The zero-order valence-corrected chi connectivity index (χ0v) is 13.3. The number of hydrogen-bond donors (Lipinski definition) is 2. The molecule has 3 N–H and O–H groups in total. The van der Waals surface area contributed by atoms with Gasteiger partial charge in [-0.1, -0.05) is 29.8 Å². The molecule has 1 heterocycles. The van der Waals surface area contributed by atoms with Gasteiger partial charge in [0, 0.05) is 6.54 Å². The summed E-state index contributed by atoms with van der Waals surface area (Å²) in [6.07, 6.45) is 1.43. The zero-order valence-electron chi connectivity index (χ0n) is 11.7. The molecule has 1 aliphatic carbocycles. The lowest BCUT2D eigenvalue weighted by molar-refractivity contribution is 0.595. The van der Waals surface area contributed by atoms with Crippen molar-refractivity contribution < 1.29 is 8.42 Å². The average Bonchev–Trinajstić information content (AvgIpc) is 3.23. The van der Waals surface area contributed by atoms with Crippen LogP contribution in [-0.2, 0) is 16.4 Å². The molecule has 5 nitrogen and oxygen atoms in total. The van der Waals surface area contributed by atoms with Crippen LogP contribution in [0.4, 0.5) is 10.8 Å². The number of nitrogens with two attached hydrogens (primary N) is 1. The van der Waals surface area contributed by atoms with Crippen LogP contribution in [0.3, 0.4) is 0 Å². The van der Waals surface area contributed by atoms with E-state index in [1.54, 1.807) is 0 Å². The predicted molar refractivity (Wildman–Crippen MR) is 85.2 cm³/mol. The summed E-state index contributed by atoms with van der Waals surface area (Å²) in [5.74, 6) is 0.110. The Hall–Kier alpha value is -1.60. The van der Waals surface area contributed by atoms with Crippen molar-refractivity contribution in [1.29, 1.82) is 0 Å². The SMILES string of the molecule is Cc1ccc(CNc2snc(N)c2S(=O)(=O)C2CC2)cc1. The minimum atomic E-state index is -3.33. The normalized spacial score (nSPS) is 15.1. The molecule has 1 saturated carbocycles. The first kappa shape index (κ1) is 14.3. The molecule has 2 aromatic rings. The summed E-state index contributed by atoms with van der Waals surface area (Å²) < 4.78 is 28.8. The van der Waals surface area contributed by atoms with Gasteiger partial charge in [-0.15, -0.1) is 0 Å². The van der Waals surface area contributed by atoms with Crippen molar-refractivity contribution in [2.45, 2.75) is 36.5 Å². The van der Waals surface area contributed by atoms with E-state index in [9.17, 15) is 8.42 Å². The molecule has 1 aromatic heterocycles. The van der Waals surface area contributed by atoms with Crippen LogP contribution in [-0.4, -0.2) is 18.0 Å². The summed E-state index contributed by atoms with van der Waals surface area (Å²) >= 11 is 1.11. The van der Waals surface area contributed by atoms with Gasteiger partial charge < -0.3 is 11.1 Å². The van der Waals surface area contributed by atoms with Gasteiger partial charge in [0.15, 0.2) is 15.7 Å². The number of hydrogen-bond acceptors (Lipinski definition) is 6. The first-order chi connectivity index (χ1) is 9.98. The number of aryl methyl sites for hydroxylation is 1. The van der Waals surface area contributed by atoms with Crippen LogP contribution in [0.25, 0.3) is 0 Å². The van der Waals surface area contributed by atoms with Crippen molar-refractivity contribution in [2.75, 3.05) is 11.1 Å². The molecule has 1 fully saturated rings. The highest BCUT2D eigenvalue weighted by molar-refractivity contribution is 7.92. The second kappa shape index (κ2) is 5.31. The highest BCUT2D eigenvalue weighted by Gasteiger charge is 2.40. The molecule has 0 radical (unpaired) electrons. The van der Waals surface area contributed by atoms with E-state index in [-0.39, 0.29) is 16.0 Å². The molecule has 3 rings (SSSR count). The van der Waals surface area contributed by atoms with E-state index in [1.165, 1.54) is 5.56 Å². The largest absolute Gasteiger partial charge is 0.382 e. The van der Waals surface area contributed by atoms with E-state index < -0.39 is 9.84 Å². The molecule has 0 atom stereocenters. The lowest BCUT2D eigenvalue weighted by Crippen LogP contribution is -2.11. The molecule has 0 spiro atoms. The van der Waals surface area contributed by atoms with E-state index in [0.29, 0.717) is 11.5 Å². The molecule has 21 heavy (non-hydrogen) atoms. The van der Waals surface area contributed by atoms with Crippen molar-refractivity contribution in [3.05, 3.63) is 35.4 Å². The predicted octanol–water partition coefficient (Wildman–Crippen LogP) is 2.58. The third kappa shape index (κ3) is 2.89. The van der Waals surface area contributed by atoms with Gasteiger partial charge in [-0.2, -0.15) is 4.37 Å². The van der Waals surface area contributed by atoms with Crippen LogP contribution in [0.1, 0.15) is 24.0 Å². The van der Waals surface area contributed by atoms with Crippen molar-refractivity contribution in [1.82, 2.24) is 4.37 Å². The van der Waals surface area contributed by atoms with Gasteiger partial charge in [-0.25, -0.2) is 8.42 Å². The van der Waals surface area contributed by atoms with Crippen LogP contribution in [0.2, 0.25) is 0 Å². The summed E-state index contributed by atoms with van der Waals surface area (Å²) in [6.45, 7) is 2.58. The Labute approximate surface area is 128 Å². The smallest absolute Gasteiger partial charge is 0.187 e. The van der Waals surface area contributed by atoms with Gasteiger partial charge in [-0.05, 0) is 36.9 Å². The maximum absolute atomic E-state index is 12.4. The summed E-state index contributed by atoms with van der Waals surface area (Å²) in [4.78, 5) is 0.183. The van der Waals surface area contributed by atoms with Crippen LogP contribution >= 0.6 is 11.5 Å². The Kier molecular flexibility index (Phi) is 3.62. The van der Waals surface area contributed by atoms with Crippen LogP contribution in [0.15, 0.2) is 29.2 Å². The van der Waals surface area contributed by atoms with Gasteiger partial charge in [0.2, 0.25) is 0 Å². The molecule has 0 amide bonds. The number of aromatic nitrogens is 1. The summed E-state index contributed by atoms with van der Waals surface area (Å²) in [5, 5.41) is 3.42. The number of anilines is 2. The molecule has 112 valence electrons. The Balaban J connectivity index is 1.82. The molecule has 0 aliphatic heterocycles. The van der Waals surface area contributed by atoms with Crippen LogP contribution < -0.4 is 11.1 Å². The second-order valence-electron chi connectivity index (χ2n) is 5.31. The molecule has 1 aliphatic rings. The van der Waals surface area contributed by atoms with E-state index in [4.69, 9.17) is 5.73 Å². The highest BCUT2D eigenvalue weighted by Crippen LogP contribution is 2.41. The van der Waals surface area contributed by atoms with E-state index in [0.717, 1.165) is 29.9 Å². The summed E-state index contributed by atoms with van der Waals surface area (Å²) in [6, 6.07) is 8.09. The van der Waals surface area contributed by atoms with Crippen LogP contribution in [0, 0.1) is 6.92 Å². The topological polar surface area (TPSA) is 85.1 Å². The molecule has 1 aromatic carbocycles. The highest BCUT2D eigenvalue weighted by atomic mass is 32.2. The Morgan fingerprint density at radius 1 is 1.33 bits per heavy atom. The van der Waals surface area contributed by atoms with E-state index in [2.05, 4.69) is 9.69 Å². The fraction of sp³-hybridized carbons (Fsp3) is 0.357. The van der Waals surface area contributed by atoms with Crippen molar-refractivity contribution >= 4 is 32.2 Å². The van der Waals surface area contributed by atoms with Gasteiger partial charge >= 0.3 is 0 Å². The number of nitrogens with zero attached hydrogens (tertiary/aromatic N) is 1. The van der Waals surface area contributed by atoms with Crippen molar-refractivity contribution in [3.63, 3.8) is 0 Å². The van der Waals surface area contributed by atoms with Crippen molar-refractivity contribution in [3.8, 4) is 0 Å². The molecule has 0 bridgehead atoms. The molecule has 0 unspecified atom stereocenters. The summed E-state index contributed by atoms with van der Waals surface area (Å²) in [7, 11) is -3.33. The first-order valence-corrected chi connectivity index (χ1v) is 9.09. The quantitative estimate of drug-likeness (QED) is 0.883. The number of benzene rings is 1. The molecular formula is C14H17N3O2S2. The number of nitrogens with one attached hydrogen (secondary N) is 1. The van der Waals surface area contributed by atoms with Gasteiger partial charge in [0.05, 0.1) is 5.25 Å². The first-order valence-electron chi connectivity index (χ1n) is 6.77. The second-order valence-corrected chi connectivity index (χ2v) is 8.25. The van der Waals surface area contributed by atoms with E-state index >= 15 is 0 Å². The number of nitrogen functional groups attached to an aromatic ring is 1. The fourth-order valence-electron chi connectivity index (χ4n) is 2.11. The molecule has 7 heteroatoms. The third-order valence-electron chi connectivity index (χ3n) is 3.50. The Morgan fingerprint density at radius 3 is 2.62 bits per heavy atom. The Morgan fingerprint density at radius 2 is 2.00 bits per heavy atom. The van der Waals surface area contributed by atoms with Gasteiger partial charge in [-0.3, -0.25) is 0 Å². The number of sulfone groups is 1. The van der Waals surface area contributed by atoms with Gasteiger partial charge in [0.1, 0.15) is 9.90 Å². The van der Waals surface area contributed by atoms with Gasteiger partial charge in [0.25, 0.3) is 0 Å². The zero-order chi connectivity index (χ0) is 15.0.